The van der Waals surface area contributed by atoms with Crippen LogP contribution in [-0.4, -0.2) is 6.47 Å². The average Bonchev–Trinajstić information content (AvgIpc) is 2.03. The van der Waals surface area contributed by atoms with Gasteiger partial charge in [0, 0.05) is 0 Å². The fraction of sp³-hybridized carbons (Fsp3) is 0.667. The Labute approximate surface area is 68.2 Å². The van der Waals surface area contributed by atoms with E-state index in [1.165, 1.54) is 31.9 Å². The number of carbonyl (C=O) groups is 1. The van der Waals surface area contributed by atoms with E-state index in [0.29, 0.717) is 6.47 Å². The molecule has 0 aliphatic carbocycles. The van der Waals surface area contributed by atoms with Crippen LogP contribution in [0.2, 0.25) is 0 Å². The Kier molecular flexibility index (Phi) is 8.55. The Morgan fingerprint density at radius 1 is 1.27 bits per heavy atom. The van der Waals surface area contributed by atoms with Crippen molar-refractivity contribution in [3.63, 3.8) is 0 Å². The predicted molar refractivity (Wildman–Crippen MR) is 45.0 cm³/mol. The van der Waals surface area contributed by atoms with Crippen molar-refractivity contribution in [1.82, 2.24) is 0 Å². The second-order valence-electron chi connectivity index (χ2n) is 2.45. The highest BCUT2D eigenvalue weighted by atomic mass is 16.5. The van der Waals surface area contributed by atoms with Crippen LogP contribution in [0, 0.1) is 0 Å². The molecule has 0 bridgehead atoms. The largest absolute Gasteiger partial charge is 0.437 e. The van der Waals surface area contributed by atoms with Gasteiger partial charge in [0.15, 0.2) is 0 Å². The lowest BCUT2D eigenvalue weighted by Crippen LogP contribution is -1.75. The minimum Gasteiger partial charge on any atom is -0.437 e. The Morgan fingerprint density at radius 2 is 2.09 bits per heavy atom. The topological polar surface area (TPSA) is 26.3 Å². The normalized spacial score (nSPS) is 10.3. The fourth-order valence-electron chi connectivity index (χ4n) is 0.845. The molecule has 0 atom stereocenters. The van der Waals surface area contributed by atoms with Crippen molar-refractivity contribution in [2.45, 2.75) is 39.0 Å². The second-order valence-corrected chi connectivity index (χ2v) is 2.45. The number of ether oxygens (including phenoxy) is 1. The summed E-state index contributed by atoms with van der Waals surface area (Å²) in [5.74, 6) is 0. The molecule has 0 saturated heterocycles. The second kappa shape index (κ2) is 9.21. The van der Waals surface area contributed by atoms with E-state index in [1.807, 2.05) is 6.08 Å². The molecule has 0 spiro atoms. The van der Waals surface area contributed by atoms with Crippen molar-refractivity contribution in [3.05, 3.63) is 12.3 Å². The summed E-state index contributed by atoms with van der Waals surface area (Å²) in [5.41, 5.74) is 0. The minimum absolute atomic E-state index is 0.433. The van der Waals surface area contributed by atoms with E-state index in [2.05, 4.69) is 11.7 Å². The lowest BCUT2D eigenvalue weighted by Gasteiger charge is -1.93. The lowest BCUT2D eigenvalue weighted by molar-refractivity contribution is -0.123. The summed E-state index contributed by atoms with van der Waals surface area (Å²) < 4.78 is 4.38. The average molecular weight is 156 g/mol. The Balaban J connectivity index is 2.94. The van der Waals surface area contributed by atoms with Crippen LogP contribution < -0.4 is 0 Å². The summed E-state index contributed by atoms with van der Waals surface area (Å²) in [5, 5.41) is 0. The van der Waals surface area contributed by atoms with Crippen molar-refractivity contribution in [2.75, 3.05) is 0 Å². The molecule has 0 aromatic carbocycles. The first-order valence-corrected chi connectivity index (χ1v) is 4.16. The first kappa shape index (κ1) is 10.2. The number of carbonyl (C=O) groups excluding carboxylic acids is 1. The SMILES string of the molecule is CCCCCCC=COC=O. The van der Waals surface area contributed by atoms with Gasteiger partial charge < -0.3 is 4.74 Å². The van der Waals surface area contributed by atoms with Crippen molar-refractivity contribution >= 4 is 6.47 Å². The number of rotatable bonds is 7. The zero-order valence-electron chi connectivity index (χ0n) is 7.08. The first-order chi connectivity index (χ1) is 5.41. The third kappa shape index (κ3) is 9.21. The van der Waals surface area contributed by atoms with E-state index in [4.69, 9.17) is 0 Å². The van der Waals surface area contributed by atoms with Gasteiger partial charge in [0.1, 0.15) is 0 Å². The van der Waals surface area contributed by atoms with Gasteiger partial charge in [-0.25, -0.2) is 0 Å². The Hall–Kier alpha value is -0.790. The summed E-state index contributed by atoms with van der Waals surface area (Å²) in [6, 6.07) is 0. The third-order valence-electron chi connectivity index (χ3n) is 1.45. The molecule has 2 heteroatoms. The standard InChI is InChI=1S/C9H16O2/c1-2-3-4-5-6-7-8-11-9-10/h7-9H,2-6H2,1H3. The molecule has 0 rings (SSSR count). The number of hydrogen-bond acceptors (Lipinski definition) is 2. The molecular weight excluding hydrogens is 140 g/mol. The Morgan fingerprint density at radius 3 is 2.73 bits per heavy atom. The van der Waals surface area contributed by atoms with Crippen LogP contribution in [0.3, 0.4) is 0 Å². The molecule has 0 aromatic rings. The van der Waals surface area contributed by atoms with Crippen LogP contribution in [-0.2, 0) is 9.53 Å². The molecule has 0 unspecified atom stereocenters. The van der Waals surface area contributed by atoms with Gasteiger partial charge in [-0.1, -0.05) is 26.2 Å². The quantitative estimate of drug-likeness (QED) is 0.322. The van der Waals surface area contributed by atoms with Crippen LogP contribution in [0.25, 0.3) is 0 Å². The van der Waals surface area contributed by atoms with E-state index in [-0.39, 0.29) is 0 Å². The minimum atomic E-state index is 0.433. The van der Waals surface area contributed by atoms with Crippen molar-refractivity contribution in [1.29, 1.82) is 0 Å². The summed E-state index contributed by atoms with van der Waals surface area (Å²) in [7, 11) is 0. The monoisotopic (exact) mass is 156 g/mol. The molecule has 0 N–H and O–H groups in total. The molecule has 0 saturated carbocycles. The van der Waals surface area contributed by atoms with Crippen LogP contribution in [0.4, 0.5) is 0 Å². The van der Waals surface area contributed by atoms with E-state index in [9.17, 15) is 4.79 Å². The van der Waals surface area contributed by atoms with Crippen molar-refractivity contribution in [2.24, 2.45) is 0 Å². The molecule has 0 aromatic heterocycles. The molecule has 0 radical (unpaired) electrons. The summed E-state index contributed by atoms with van der Waals surface area (Å²) in [4.78, 5) is 9.67. The highest BCUT2D eigenvalue weighted by Crippen LogP contribution is 2.02. The van der Waals surface area contributed by atoms with Crippen molar-refractivity contribution in [3.8, 4) is 0 Å². The van der Waals surface area contributed by atoms with Gasteiger partial charge in [-0.05, 0) is 18.9 Å². The zero-order valence-corrected chi connectivity index (χ0v) is 7.08. The Bertz CT molecular complexity index is 108. The van der Waals surface area contributed by atoms with Gasteiger partial charge in [-0.3, -0.25) is 4.79 Å². The van der Waals surface area contributed by atoms with Crippen LogP contribution >= 0.6 is 0 Å². The summed E-state index contributed by atoms with van der Waals surface area (Å²) in [6.45, 7) is 2.62. The van der Waals surface area contributed by atoms with Gasteiger partial charge in [-0.15, -0.1) is 0 Å². The molecule has 0 fully saturated rings. The van der Waals surface area contributed by atoms with Crippen molar-refractivity contribution < 1.29 is 9.53 Å². The molecular formula is C9H16O2. The highest BCUT2D eigenvalue weighted by Gasteiger charge is 1.83. The van der Waals surface area contributed by atoms with Gasteiger partial charge in [0.25, 0.3) is 6.47 Å². The molecule has 11 heavy (non-hydrogen) atoms. The summed E-state index contributed by atoms with van der Waals surface area (Å²) >= 11 is 0. The van der Waals surface area contributed by atoms with Crippen LogP contribution in [0.1, 0.15) is 39.0 Å². The van der Waals surface area contributed by atoms with E-state index < -0.39 is 0 Å². The maximum Gasteiger partial charge on any atom is 0.297 e. The third-order valence-corrected chi connectivity index (χ3v) is 1.45. The first-order valence-electron chi connectivity index (χ1n) is 4.16. The zero-order chi connectivity index (χ0) is 8.36. The number of hydrogen-bond donors (Lipinski definition) is 0. The van der Waals surface area contributed by atoms with E-state index in [1.54, 1.807) is 0 Å². The number of unbranched alkanes of at least 4 members (excludes halogenated alkanes) is 4. The highest BCUT2D eigenvalue weighted by molar-refractivity contribution is 5.38. The van der Waals surface area contributed by atoms with E-state index in [0.717, 1.165) is 6.42 Å². The van der Waals surface area contributed by atoms with Crippen LogP contribution in [0.15, 0.2) is 12.3 Å². The predicted octanol–water partition coefficient (Wildman–Crippen LogP) is 2.64. The van der Waals surface area contributed by atoms with E-state index >= 15 is 0 Å². The molecule has 0 amide bonds. The van der Waals surface area contributed by atoms with Crippen LogP contribution in [0.5, 0.6) is 0 Å². The van der Waals surface area contributed by atoms with Gasteiger partial charge in [-0.2, -0.15) is 0 Å². The molecule has 0 aliphatic heterocycles. The maximum absolute atomic E-state index is 9.67. The molecule has 0 aliphatic rings. The number of allylic oxidation sites excluding steroid dienone is 1. The van der Waals surface area contributed by atoms with Gasteiger partial charge >= 0.3 is 0 Å². The maximum atomic E-state index is 9.67. The fourth-order valence-corrected chi connectivity index (χ4v) is 0.845. The van der Waals surface area contributed by atoms with Gasteiger partial charge in [0.05, 0.1) is 6.26 Å². The van der Waals surface area contributed by atoms with Gasteiger partial charge in [0.2, 0.25) is 0 Å². The lowest BCUT2D eigenvalue weighted by atomic mass is 10.2. The molecule has 2 nitrogen and oxygen atoms in total. The molecule has 64 valence electrons. The smallest absolute Gasteiger partial charge is 0.297 e. The molecule has 0 heterocycles. The summed E-state index contributed by atoms with van der Waals surface area (Å²) in [6.07, 6.45) is 9.34.